The number of ether oxygens (including phenoxy) is 2. The molecule has 1 aromatic heterocycles. The Morgan fingerprint density at radius 3 is 2.78 bits per heavy atom. The Hall–Kier alpha value is -2.36. The number of benzene rings is 1. The molecule has 2 aromatic rings. The van der Waals surface area contributed by atoms with Crippen molar-refractivity contribution in [3.05, 3.63) is 59.9 Å². The topological polar surface area (TPSA) is 48.4 Å². The second-order valence-corrected chi connectivity index (χ2v) is 3.64. The van der Waals surface area contributed by atoms with E-state index >= 15 is 0 Å². The predicted molar refractivity (Wildman–Crippen MR) is 66.4 cm³/mol. The number of esters is 1. The number of rotatable bonds is 4. The average Bonchev–Trinajstić information content (AvgIpc) is 2.45. The lowest BCUT2D eigenvalue weighted by atomic mass is 10.2. The standard InChI is InChI=1S/C14H13NO3/c1-17-14(16)12-6-2-3-7-13(12)18-10-11-5-4-8-15-9-11/h2-9H,10H2,1H3. The van der Waals surface area contributed by atoms with E-state index < -0.39 is 5.97 Å². The van der Waals surface area contributed by atoms with Crippen molar-refractivity contribution in [3.63, 3.8) is 0 Å². The van der Waals surface area contributed by atoms with Gasteiger partial charge in [-0.1, -0.05) is 18.2 Å². The number of hydrogen-bond acceptors (Lipinski definition) is 4. The first-order chi connectivity index (χ1) is 8.81. The zero-order chi connectivity index (χ0) is 12.8. The molecule has 18 heavy (non-hydrogen) atoms. The summed E-state index contributed by atoms with van der Waals surface area (Å²) in [5.74, 6) is 0.102. The molecular weight excluding hydrogens is 230 g/mol. The smallest absolute Gasteiger partial charge is 0.341 e. The van der Waals surface area contributed by atoms with Crippen LogP contribution in [0, 0.1) is 0 Å². The van der Waals surface area contributed by atoms with Gasteiger partial charge in [0.25, 0.3) is 0 Å². The van der Waals surface area contributed by atoms with E-state index in [9.17, 15) is 4.79 Å². The number of carbonyl (C=O) groups is 1. The predicted octanol–water partition coefficient (Wildman–Crippen LogP) is 2.45. The number of pyridine rings is 1. The molecule has 0 aliphatic heterocycles. The maximum absolute atomic E-state index is 11.5. The first kappa shape index (κ1) is 12.1. The molecule has 4 nitrogen and oxygen atoms in total. The summed E-state index contributed by atoms with van der Waals surface area (Å²) in [5.41, 5.74) is 1.36. The molecule has 0 unspecified atom stereocenters. The highest BCUT2D eigenvalue weighted by Gasteiger charge is 2.11. The van der Waals surface area contributed by atoms with Gasteiger partial charge >= 0.3 is 5.97 Å². The number of nitrogens with zero attached hydrogens (tertiary/aromatic N) is 1. The molecule has 0 bridgehead atoms. The summed E-state index contributed by atoms with van der Waals surface area (Å²) < 4.78 is 10.3. The fourth-order valence-corrected chi connectivity index (χ4v) is 1.52. The van der Waals surface area contributed by atoms with Crippen molar-refractivity contribution < 1.29 is 14.3 Å². The maximum Gasteiger partial charge on any atom is 0.341 e. The van der Waals surface area contributed by atoms with Gasteiger partial charge < -0.3 is 9.47 Å². The maximum atomic E-state index is 11.5. The average molecular weight is 243 g/mol. The molecular formula is C14H13NO3. The van der Waals surface area contributed by atoms with Crippen molar-refractivity contribution >= 4 is 5.97 Å². The minimum absolute atomic E-state index is 0.363. The highest BCUT2D eigenvalue weighted by molar-refractivity contribution is 5.92. The Labute approximate surface area is 105 Å². The van der Waals surface area contributed by atoms with Crippen molar-refractivity contribution in [1.29, 1.82) is 0 Å². The molecule has 0 fully saturated rings. The lowest BCUT2D eigenvalue weighted by molar-refractivity contribution is 0.0595. The molecule has 0 aliphatic carbocycles. The fourth-order valence-electron chi connectivity index (χ4n) is 1.52. The van der Waals surface area contributed by atoms with Gasteiger partial charge in [-0.15, -0.1) is 0 Å². The Bertz CT molecular complexity index is 526. The van der Waals surface area contributed by atoms with Crippen molar-refractivity contribution in [2.24, 2.45) is 0 Å². The molecule has 1 heterocycles. The van der Waals surface area contributed by atoms with E-state index in [0.717, 1.165) is 5.56 Å². The minimum Gasteiger partial charge on any atom is -0.488 e. The summed E-state index contributed by atoms with van der Waals surface area (Å²) in [7, 11) is 1.35. The molecule has 0 radical (unpaired) electrons. The molecule has 1 aromatic carbocycles. The van der Waals surface area contributed by atoms with Gasteiger partial charge in [0, 0.05) is 18.0 Å². The van der Waals surface area contributed by atoms with Crippen molar-refractivity contribution in [1.82, 2.24) is 4.98 Å². The van der Waals surface area contributed by atoms with Crippen LogP contribution in [0.1, 0.15) is 15.9 Å². The summed E-state index contributed by atoms with van der Waals surface area (Å²) in [5, 5.41) is 0. The van der Waals surface area contributed by atoms with Crippen LogP contribution in [0.3, 0.4) is 0 Å². The molecule has 2 rings (SSSR count). The van der Waals surface area contributed by atoms with E-state index in [1.54, 1.807) is 30.6 Å². The summed E-state index contributed by atoms with van der Waals surface area (Å²) in [6.07, 6.45) is 3.42. The summed E-state index contributed by atoms with van der Waals surface area (Å²) >= 11 is 0. The molecule has 4 heteroatoms. The van der Waals surface area contributed by atoms with Crippen molar-refractivity contribution in [2.45, 2.75) is 6.61 Å². The van der Waals surface area contributed by atoms with E-state index in [1.807, 2.05) is 18.2 Å². The van der Waals surface area contributed by atoms with E-state index in [-0.39, 0.29) is 0 Å². The van der Waals surface area contributed by atoms with E-state index in [1.165, 1.54) is 7.11 Å². The van der Waals surface area contributed by atoms with Crippen LogP contribution in [0.25, 0.3) is 0 Å². The molecule has 0 saturated carbocycles. The minimum atomic E-state index is -0.406. The van der Waals surface area contributed by atoms with E-state index in [4.69, 9.17) is 9.47 Å². The van der Waals surface area contributed by atoms with E-state index in [0.29, 0.717) is 17.9 Å². The van der Waals surface area contributed by atoms with Gasteiger partial charge in [-0.2, -0.15) is 0 Å². The summed E-state index contributed by atoms with van der Waals surface area (Å²) in [6.45, 7) is 0.363. The highest BCUT2D eigenvalue weighted by atomic mass is 16.5. The van der Waals surface area contributed by atoms with Gasteiger partial charge in [-0.05, 0) is 18.2 Å². The highest BCUT2D eigenvalue weighted by Crippen LogP contribution is 2.19. The lowest BCUT2D eigenvalue weighted by Crippen LogP contribution is -2.05. The first-order valence-corrected chi connectivity index (χ1v) is 5.50. The third kappa shape index (κ3) is 2.85. The number of methoxy groups -OCH3 is 1. The third-order valence-corrected chi connectivity index (χ3v) is 2.41. The normalized spacial score (nSPS) is 9.83. The molecule has 92 valence electrons. The lowest BCUT2D eigenvalue weighted by Gasteiger charge is -2.09. The Balaban J connectivity index is 2.12. The van der Waals surface area contributed by atoms with Crippen LogP contribution < -0.4 is 4.74 Å². The molecule has 0 atom stereocenters. The van der Waals surface area contributed by atoms with Crippen LogP contribution >= 0.6 is 0 Å². The molecule has 0 saturated heterocycles. The Kier molecular flexibility index (Phi) is 3.91. The second kappa shape index (κ2) is 5.82. The van der Waals surface area contributed by atoms with Crippen LogP contribution in [0.2, 0.25) is 0 Å². The van der Waals surface area contributed by atoms with Crippen molar-refractivity contribution in [3.8, 4) is 5.75 Å². The number of para-hydroxylation sites is 1. The number of hydrogen-bond donors (Lipinski definition) is 0. The number of carbonyl (C=O) groups excluding carboxylic acids is 1. The van der Waals surface area contributed by atoms with Gasteiger partial charge in [0.05, 0.1) is 7.11 Å². The third-order valence-electron chi connectivity index (χ3n) is 2.41. The van der Waals surface area contributed by atoms with Gasteiger partial charge in [0.1, 0.15) is 17.9 Å². The first-order valence-electron chi connectivity index (χ1n) is 5.50. The van der Waals surface area contributed by atoms with Crippen LogP contribution in [0.15, 0.2) is 48.8 Å². The zero-order valence-electron chi connectivity index (χ0n) is 10.00. The largest absolute Gasteiger partial charge is 0.488 e. The second-order valence-electron chi connectivity index (χ2n) is 3.64. The van der Waals surface area contributed by atoms with Gasteiger partial charge in [-0.3, -0.25) is 4.98 Å². The fraction of sp³-hybridized carbons (Fsp3) is 0.143. The Morgan fingerprint density at radius 2 is 2.06 bits per heavy atom. The quantitative estimate of drug-likeness (QED) is 0.774. The van der Waals surface area contributed by atoms with E-state index in [2.05, 4.69) is 4.98 Å². The van der Waals surface area contributed by atoms with Crippen LogP contribution in [0.5, 0.6) is 5.75 Å². The zero-order valence-corrected chi connectivity index (χ0v) is 10.00. The van der Waals surface area contributed by atoms with Gasteiger partial charge in [-0.25, -0.2) is 4.79 Å². The van der Waals surface area contributed by atoms with Crippen LogP contribution in [0.4, 0.5) is 0 Å². The van der Waals surface area contributed by atoms with Gasteiger partial charge in [0.15, 0.2) is 0 Å². The van der Waals surface area contributed by atoms with Crippen molar-refractivity contribution in [2.75, 3.05) is 7.11 Å². The van der Waals surface area contributed by atoms with Crippen LogP contribution in [-0.2, 0) is 11.3 Å². The molecule has 0 N–H and O–H groups in total. The molecule has 0 aliphatic rings. The molecule has 0 amide bonds. The SMILES string of the molecule is COC(=O)c1ccccc1OCc1cccnc1. The Morgan fingerprint density at radius 1 is 1.22 bits per heavy atom. The summed E-state index contributed by atoms with van der Waals surface area (Å²) in [6, 6.07) is 10.7. The van der Waals surface area contributed by atoms with Crippen LogP contribution in [-0.4, -0.2) is 18.1 Å². The summed E-state index contributed by atoms with van der Waals surface area (Å²) in [4.78, 5) is 15.5. The monoisotopic (exact) mass is 243 g/mol. The van der Waals surface area contributed by atoms with Gasteiger partial charge in [0.2, 0.25) is 0 Å². The number of aromatic nitrogens is 1. The molecule has 0 spiro atoms.